The number of urea groups is 1. The lowest BCUT2D eigenvalue weighted by Crippen LogP contribution is -2.36. The fraction of sp³-hybridized carbons (Fsp3) is 0.500. The third kappa shape index (κ3) is 5.61. The van der Waals surface area contributed by atoms with Crippen LogP contribution < -0.4 is 15.4 Å². The summed E-state index contributed by atoms with van der Waals surface area (Å²) in [5.74, 6) is 0.656. The first kappa shape index (κ1) is 15.3. The maximum Gasteiger partial charge on any atom is 0.319 e. The van der Waals surface area contributed by atoms with E-state index in [1.54, 1.807) is 6.07 Å². The molecule has 0 aliphatic heterocycles. The van der Waals surface area contributed by atoms with E-state index in [2.05, 4.69) is 10.6 Å². The van der Waals surface area contributed by atoms with E-state index in [-0.39, 0.29) is 18.7 Å². The van der Waals surface area contributed by atoms with E-state index in [1.807, 2.05) is 32.0 Å². The molecule has 1 unspecified atom stereocenters. The van der Waals surface area contributed by atoms with Crippen molar-refractivity contribution in [3.05, 3.63) is 24.3 Å². The number of rotatable bonds is 7. The van der Waals surface area contributed by atoms with Crippen molar-refractivity contribution in [1.82, 2.24) is 5.32 Å². The minimum atomic E-state index is -0.266. The number of carbonyl (C=O) groups is 1. The largest absolute Gasteiger partial charge is 0.492 e. The van der Waals surface area contributed by atoms with E-state index in [0.29, 0.717) is 24.5 Å². The number of para-hydroxylation sites is 2. The summed E-state index contributed by atoms with van der Waals surface area (Å²) in [7, 11) is 0. The Bertz CT molecular complexity index is 396. The van der Waals surface area contributed by atoms with Crippen molar-refractivity contribution < 1.29 is 14.6 Å². The molecule has 0 saturated carbocycles. The Kier molecular flexibility index (Phi) is 6.74. The third-order valence-corrected chi connectivity index (χ3v) is 2.61. The van der Waals surface area contributed by atoms with Crippen molar-refractivity contribution in [3.8, 4) is 5.75 Å². The van der Waals surface area contributed by atoms with Crippen LogP contribution in [-0.4, -0.2) is 30.4 Å². The van der Waals surface area contributed by atoms with Gasteiger partial charge in [-0.25, -0.2) is 4.79 Å². The molecular weight excluding hydrogens is 244 g/mol. The summed E-state index contributed by atoms with van der Waals surface area (Å²) in [4.78, 5) is 11.8. The monoisotopic (exact) mass is 266 g/mol. The first-order valence-corrected chi connectivity index (χ1v) is 6.57. The van der Waals surface area contributed by atoms with Crippen LogP contribution in [0.2, 0.25) is 0 Å². The molecule has 0 spiro atoms. The number of amides is 2. The maximum atomic E-state index is 11.8. The summed E-state index contributed by atoms with van der Waals surface area (Å²) in [6.45, 7) is 4.49. The summed E-state index contributed by atoms with van der Waals surface area (Å²) in [5, 5.41) is 14.3. The van der Waals surface area contributed by atoms with Crippen LogP contribution in [0.1, 0.15) is 26.7 Å². The van der Waals surface area contributed by atoms with Gasteiger partial charge in [0.05, 0.1) is 12.3 Å². The Labute approximate surface area is 114 Å². The molecule has 2 amide bonds. The molecule has 19 heavy (non-hydrogen) atoms. The maximum absolute atomic E-state index is 11.8. The Hall–Kier alpha value is -1.75. The standard InChI is InChI=1S/C14H22N2O3/c1-3-19-13-9-5-4-8-12(13)16-14(18)15-11(2)7-6-10-17/h4-5,8-9,11,17H,3,6-7,10H2,1-2H3,(H2,15,16,18). The summed E-state index contributed by atoms with van der Waals surface area (Å²) in [6, 6.07) is 7.06. The lowest BCUT2D eigenvalue weighted by Gasteiger charge is -2.15. The van der Waals surface area contributed by atoms with Gasteiger partial charge in [0.15, 0.2) is 0 Å². The summed E-state index contributed by atoms with van der Waals surface area (Å²) >= 11 is 0. The highest BCUT2D eigenvalue weighted by Gasteiger charge is 2.09. The van der Waals surface area contributed by atoms with Crippen molar-refractivity contribution in [3.63, 3.8) is 0 Å². The number of anilines is 1. The molecular formula is C14H22N2O3. The molecule has 5 heteroatoms. The van der Waals surface area contributed by atoms with Crippen LogP contribution in [0, 0.1) is 0 Å². The van der Waals surface area contributed by atoms with Crippen LogP contribution in [0.15, 0.2) is 24.3 Å². The van der Waals surface area contributed by atoms with Crippen LogP contribution >= 0.6 is 0 Å². The summed E-state index contributed by atoms with van der Waals surface area (Å²) < 4.78 is 5.43. The first-order chi connectivity index (χ1) is 9.17. The summed E-state index contributed by atoms with van der Waals surface area (Å²) in [5.41, 5.74) is 0.649. The molecule has 1 atom stereocenters. The zero-order chi connectivity index (χ0) is 14.1. The van der Waals surface area contributed by atoms with E-state index >= 15 is 0 Å². The van der Waals surface area contributed by atoms with Gasteiger partial charge in [0.25, 0.3) is 0 Å². The van der Waals surface area contributed by atoms with Crippen LogP contribution in [0.5, 0.6) is 5.75 Å². The molecule has 106 valence electrons. The van der Waals surface area contributed by atoms with Gasteiger partial charge in [0.1, 0.15) is 5.75 Å². The summed E-state index contributed by atoms with van der Waals surface area (Å²) in [6.07, 6.45) is 1.42. The van der Waals surface area contributed by atoms with Crippen molar-refractivity contribution in [2.24, 2.45) is 0 Å². The van der Waals surface area contributed by atoms with Gasteiger partial charge in [-0.3, -0.25) is 0 Å². The number of nitrogens with one attached hydrogen (secondary N) is 2. The Balaban J connectivity index is 2.52. The molecule has 3 N–H and O–H groups in total. The van der Waals surface area contributed by atoms with E-state index in [9.17, 15) is 4.79 Å². The normalized spacial score (nSPS) is 11.7. The van der Waals surface area contributed by atoms with Gasteiger partial charge in [0.2, 0.25) is 0 Å². The van der Waals surface area contributed by atoms with E-state index in [1.165, 1.54) is 0 Å². The smallest absolute Gasteiger partial charge is 0.319 e. The van der Waals surface area contributed by atoms with Gasteiger partial charge in [0, 0.05) is 12.6 Å². The van der Waals surface area contributed by atoms with Crippen LogP contribution in [0.3, 0.4) is 0 Å². The van der Waals surface area contributed by atoms with Gasteiger partial charge in [-0.2, -0.15) is 0 Å². The highest BCUT2D eigenvalue weighted by atomic mass is 16.5. The molecule has 5 nitrogen and oxygen atoms in total. The van der Waals surface area contributed by atoms with Gasteiger partial charge in [-0.15, -0.1) is 0 Å². The SMILES string of the molecule is CCOc1ccccc1NC(=O)NC(C)CCCO. The van der Waals surface area contributed by atoms with E-state index < -0.39 is 0 Å². The minimum Gasteiger partial charge on any atom is -0.492 e. The predicted octanol–water partition coefficient (Wildman–Crippen LogP) is 2.37. The van der Waals surface area contributed by atoms with Crippen molar-refractivity contribution in [2.75, 3.05) is 18.5 Å². The van der Waals surface area contributed by atoms with Crippen molar-refractivity contribution >= 4 is 11.7 Å². The van der Waals surface area contributed by atoms with Crippen LogP contribution in [0.25, 0.3) is 0 Å². The Morgan fingerprint density at radius 1 is 1.42 bits per heavy atom. The molecule has 1 aromatic rings. The zero-order valence-electron chi connectivity index (χ0n) is 11.5. The number of aliphatic hydroxyl groups excluding tert-OH is 1. The molecule has 0 heterocycles. The molecule has 0 bridgehead atoms. The van der Waals surface area contributed by atoms with Gasteiger partial charge < -0.3 is 20.5 Å². The molecule has 0 aliphatic carbocycles. The molecule has 0 radical (unpaired) electrons. The predicted molar refractivity (Wildman–Crippen MR) is 75.5 cm³/mol. The fourth-order valence-electron chi connectivity index (χ4n) is 1.70. The van der Waals surface area contributed by atoms with Gasteiger partial charge in [-0.05, 0) is 38.8 Å². The fourth-order valence-corrected chi connectivity index (χ4v) is 1.70. The second-order valence-corrected chi connectivity index (χ2v) is 4.29. The zero-order valence-corrected chi connectivity index (χ0v) is 11.5. The van der Waals surface area contributed by atoms with Gasteiger partial charge >= 0.3 is 6.03 Å². The molecule has 0 fully saturated rings. The lowest BCUT2D eigenvalue weighted by atomic mass is 10.2. The van der Waals surface area contributed by atoms with Crippen LogP contribution in [-0.2, 0) is 0 Å². The molecule has 0 aromatic heterocycles. The first-order valence-electron chi connectivity index (χ1n) is 6.57. The number of ether oxygens (including phenoxy) is 1. The molecule has 0 saturated heterocycles. The topological polar surface area (TPSA) is 70.6 Å². The highest BCUT2D eigenvalue weighted by molar-refractivity contribution is 5.91. The number of hydrogen-bond donors (Lipinski definition) is 3. The quantitative estimate of drug-likeness (QED) is 0.709. The second kappa shape index (κ2) is 8.37. The molecule has 1 aromatic carbocycles. The third-order valence-electron chi connectivity index (χ3n) is 2.61. The number of aliphatic hydroxyl groups is 1. The number of hydrogen-bond acceptors (Lipinski definition) is 3. The molecule has 1 rings (SSSR count). The Morgan fingerprint density at radius 3 is 2.84 bits per heavy atom. The van der Waals surface area contributed by atoms with E-state index in [0.717, 1.165) is 6.42 Å². The average Bonchev–Trinajstić information content (AvgIpc) is 2.39. The Morgan fingerprint density at radius 2 is 2.16 bits per heavy atom. The highest BCUT2D eigenvalue weighted by Crippen LogP contribution is 2.23. The number of carbonyl (C=O) groups excluding carboxylic acids is 1. The number of benzene rings is 1. The van der Waals surface area contributed by atoms with Crippen molar-refractivity contribution in [2.45, 2.75) is 32.7 Å². The molecule has 0 aliphatic rings. The minimum absolute atomic E-state index is 0.0198. The lowest BCUT2D eigenvalue weighted by molar-refractivity contribution is 0.245. The van der Waals surface area contributed by atoms with E-state index in [4.69, 9.17) is 9.84 Å². The van der Waals surface area contributed by atoms with Crippen molar-refractivity contribution in [1.29, 1.82) is 0 Å². The van der Waals surface area contributed by atoms with Gasteiger partial charge in [-0.1, -0.05) is 12.1 Å². The second-order valence-electron chi connectivity index (χ2n) is 4.29. The average molecular weight is 266 g/mol. The van der Waals surface area contributed by atoms with Crippen LogP contribution in [0.4, 0.5) is 10.5 Å².